The van der Waals surface area contributed by atoms with E-state index in [9.17, 15) is 9.18 Å². The zero-order valence-corrected chi connectivity index (χ0v) is 16.8. The number of anilines is 1. The number of nitrogens with one attached hydrogen (secondary N) is 2. The summed E-state index contributed by atoms with van der Waals surface area (Å²) in [5, 5.41) is 10.2. The Balaban J connectivity index is 1.59. The molecule has 30 heavy (non-hydrogen) atoms. The van der Waals surface area contributed by atoms with E-state index < -0.39 is 23.8 Å². The first-order valence-corrected chi connectivity index (χ1v) is 9.87. The number of alkyl halides is 1. The highest BCUT2D eigenvalue weighted by atomic mass is 35.5. The second-order valence-corrected chi connectivity index (χ2v) is 8.12. The molecule has 0 unspecified atom stereocenters. The molecule has 2 atom stereocenters. The number of carbonyl (C=O) groups excluding carboxylic acids is 1. The van der Waals surface area contributed by atoms with Crippen LogP contribution in [0.2, 0.25) is 5.02 Å². The summed E-state index contributed by atoms with van der Waals surface area (Å²) in [6.45, 7) is 3.76. The predicted molar refractivity (Wildman–Crippen MR) is 109 cm³/mol. The molecule has 1 aliphatic rings. The van der Waals surface area contributed by atoms with Crippen molar-refractivity contribution < 1.29 is 13.6 Å². The Labute approximate surface area is 174 Å². The van der Waals surface area contributed by atoms with Gasteiger partial charge < -0.3 is 9.72 Å². The van der Waals surface area contributed by atoms with Gasteiger partial charge in [0.1, 0.15) is 12.0 Å². The molecule has 2 N–H and O–H groups in total. The Morgan fingerprint density at radius 1 is 1.37 bits per heavy atom. The summed E-state index contributed by atoms with van der Waals surface area (Å²) in [7, 11) is 0. The van der Waals surface area contributed by atoms with Crippen molar-refractivity contribution in [3.8, 4) is 11.3 Å². The van der Waals surface area contributed by atoms with Crippen molar-refractivity contribution in [2.75, 3.05) is 5.32 Å². The van der Waals surface area contributed by atoms with Gasteiger partial charge >= 0.3 is 0 Å². The first-order valence-electron chi connectivity index (χ1n) is 9.49. The molecule has 3 heterocycles. The van der Waals surface area contributed by atoms with Crippen molar-refractivity contribution in [2.24, 2.45) is 5.92 Å². The number of halogens is 3. The largest absolute Gasteiger partial charge is 0.309 e. The number of fused-ring (bicyclic) bond motifs is 2. The van der Waals surface area contributed by atoms with E-state index in [1.54, 1.807) is 23.0 Å². The molecular weight excluding hydrogens is 414 g/mol. The maximum absolute atomic E-state index is 15.1. The maximum atomic E-state index is 15.1. The van der Waals surface area contributed by atoms with Crippen molar-refractivity contribution in [2.45, 2.75) is 32.4 Å². The third kappa shape index (κ3) is 2.92. The lowest BCUT2D eigenvalue weighted by Crippen LogP contribution is -2.15. The molecule has 154 valence electrons. The number of hydrogen-bond donors (Lipinski definition) is 2. The molecule has 4 aromatic rings. The monoisotopic (exact) mass is 430 g/mol. The Hall–Kier alpha value is -3.07. The number of H-pyrrole nitrogens is 1. The van der Waals surface area contributed by atoms with Crippen LogP contribution in [-0.4, -0.2) is 36.6 Å². The van der Waals surface area contributed by atoms with Crippen LogP contribution in [0.15, 0.2) is 24.8 Å². The zero-order valence-electron chi connectivity index (χ0n) is 16.1. The minimum atomic E-state index is -1.08. The zero-order chi connectivity index (χ0) is 21.2. The van der Waals surface area contributed by atoms with Gasteiger partial charge in [0, 0.05) is 22.7 Å². The maximum Gasteiger partial charge on any atom is 0.231 e. The average molecular weight is 431 g/mol. The third-order valence-corrected chi connectivity index (χ3v) is 5.66. The number of amides is 1. The van der Waals surface area contributed by atoms with Gasteiger partial charge in [-0.05, 0) is 12.3 Å². The van der Waals surface area contributed by atoms with Gasteiger partial charge in [-0.25, -0.2) is 13.8 Å². The normalized spacial score (nSPS) is 18.5. The summed E-state index contributed by atoms with van der Waals surface area (Å²) < 4.78 is 29.8. The van der Waals surface area contributed by atoms with E-state index >= 15 is 4.39 Å². The van der Waals surface area contributed by atoms with Crippen molar-refractivity contribution in [1.82, 2.24) is 24.6 Å². The Morgan fingerprint density at radius 3 is 2.83 bits per heavy atom. The molecule has 1 aromatic carbocycles. The number of hydrogen-bond acceptors (Lipinski definition) is 4. The van der Waals surface area contributed by atoms with Gasteiger partial charge in [-0.15, -0.1) is 0 Å². The number of aromatic nitrogens is 5. The van der Waals surface area contributed by atoms with Gasteiger partial charge in [0.25, 0.3) is 0 Å². The van der Waals surface area contributed by atoms with E-state index in [1.165, 1.54) is 6.20 Å². The van der Waals surface area contributed by atoms with E-state index in [-0.39, 0.29) is 17.4 Å². The molecule has 1 saturated carbocycles. The number of carbonyl (C=O) groups is 1. The minimum absolute atomic E-state index is 0.0317. The van der Waals surface area contributed by atoms with Gasteiger partial charge in [0.15, 0.2) is 11.5 Å². The molecule has 1 aliphatic carbocycles. The van der Waals surface area contributed by atoms with E-state index in [2.05, 4.69) is 25.5 Å². The topological polar surface area (TPSA) is 88.0 Å². The summed E-state index contributed by atoms with van der Waals surface area (Å²) in [6, 6.07) is 0. The van der Waals surface area contributed by atoms with Crippen LogP contribution in [0.1, 0.15) is 31.7 Å². The molecule has 10 heteroatoms. The van der Waals surface area contributed by atoms with Gasteiger partial charge in [0.2, 0.25) is 5.91 Å². The predicted octanol–water partition coefficient (Wildman–Crippen LogP) is 4.49. The summed E-state index contributed by atoms with van der Waals surface area (Å²) in [5.41, 5.74) is 2.36. The van der Waals surface area contributed by atoms with Crippen LogP contribution in [0.3, 0.4) is 0 Å². The van der Waals surface area contributed by atoms with Crippen LogP contribution in [0.5, 0.6) is 0 Å². The number of imidazole rings is 1. The SMILES string of the molecule is CC(C)c1c(F)c(Cl)c(-c2cn3cc(NC(=O)[C@@H]4C[C@H]4F)nc3cn2)c2cn[nH]c12. The Bertz CT molecular complexity index is 1310. The number of aromatic amines is 1. The highest BCUT2D eigenvalue weighted by molar-refractivity contribution is 6.35. The molecule has 3 aromatic heterocycles. The molecule has 0 saturated heterocycles. The lowest BCUT2D eigenvalue weighted by atomic mass is 9.96. The van der Waals surface area contributed by atoms with Crippen LogP contribution < -0.4 is 5.32 Å². The first kappa shape index (κ1) is 18.9. The van der Waals surface area contributed by atoms with E-state index in [1.807, 2.05) is 13.8 Å². The fraction of sp³-hybridized carbons (Fsp3) is 0.300. The average Bonchev–Trinajstić information content (AvgIpc) is 3.08. The summed E-state index contributed by atoms with van der Waals surface area (Å²) >= 11 is 6.42. The van der Waals surface area contributed by atoms with E-state index in [4.69, 9.17) is 11.6 Å². The lowest BCUT2D eigenvalue weighted by molar-refractivity contribution is -0.117. The van der Waals surface area contributed by atoms with Crippen LogP contribution in [0, 0.1) is 11.7 Å². The molecule has 0 bridgehead atoms. The summed E-state index contributed by atoms with van der Waals surface area (Å²) in [6.07, 6.45) is 5.48. The molecule has 0 radical (unpaired) electrons. The minimum Gasteiger partial charge on any atom is -0.309 e. The van der Waals surface area contributed by atoms with Crippen molar-refractivity contribution in [1.29, 1.82) is 0 Å². The van der Waals surface area contributed by atoms with Gasteiger partial charge in [-0.2, -0.15) is 5.10 Å². The Morgan fingerprint density at radius 2 is 2.13 bits per heavy atom. The number of nitrogens with zero attached hydrogens (tertiary/aromatic N) is 4. The highest BCUT2D eigenvalue weighted by Crippen LogP contribution is 2.40. The second kappa shape index (κ2) is 6.73. The van der Waals surface area contributed by atoms with Crippen molar-refractivity contribution >= 4 is 39.9 Å². The third-order valence-electron chi connectivity index (χ3n) is 5.30. The molecule has 0 spiro atoms. The van der Waals surface area contributed by atoms with E-state index in [0.29, 0.717) is 39.2 Å². The van der Waals surface area contributed by atoms with Crippen LogP contribution >= 0.6 is 11.6 Å². The molecule has 1 amide bonds. The van der Waals surface area contributed by atoms with Crippen LogP contribution in [0.4, 0.5) is 14.6 Å². The molecule has 0 aliphatic heterocycles. The highest BCUT2D eigenvalue weighted by Gasteiger charge is 2.43. The van der Waals surface area contributed by atoms with Gasteiger partial charge in [0.05, 0.1) is 40.7 Å². The number of benzene rings is 1. The lowest BCUT2D eigenvalue weighted by Gasteiger charge is -2.14. The molecule has 1 fully saturated rings. The van der Waals surface area contributed by atoms with Gasteiger partial charge in [-0.1, -0.05) is 25.4 Å². The van der Waals surface area contributed by atoms with Crippen LogP contribution in [-0.2, 0) is 4.79 Å². The fourth-order valence-corrected chi connectivity index (χ4v) is 3.97. The van der Waals surface area contributed by atoms with Crippen molar-refractivity contribution in [3.05, 3.63) is 41.2 Å². The Kier molecular flexibility index (Phi) is 4.25. The molecule has 5 rings (SSSR count). The molecular formula is C20H17ClF2N6O. The standard InChI is InChI=1S/C20H17ClF2N6O/c1-8(2)15-18(23)17(21)16(10-4-25-28-19(10)15)12-6-29-7-13(26-14(29)5-24-12)27-20(30)9-3-11(9)22/h4-9,11H,3H2,1-2H3,(H,25,28)(H,27,30)/t9-,11-/m1/s1. The van der Waals surface area contributed by atoms with Gasteiger partial charge in [-0.3, -0.25) is 14.9 Å². The van der Waals surface area contributed by atoms with E-state index in [0.717, 1.165) is 0 Å². The smallest absolute Gasteiger partial charge is 0.231 e. The summed E-state index contributed by atoms with van der Waals surface area (Å²) in [4.78, 5) is 20.6. The fourth-order valence-electron chi connectivity index (χ4n) is 3.67. The first-order chi connectivity index (χ1) is 14.3. The summed E-state index contributed by atoms with van der Waals surface area (Å²) in [5.74, 6) is -1.32. The molecule has 7 nitrogen and oxygen atoms in total. The quantitative estimate of drug-likeness (QED) is 0.499. The van der Waals surface area contributed by atoms with Crippen LogP contribution in [0.25, 0.3) is 27.8 Å². The van der Waals surface area contributed by atoms with Crippen molar-refractivity contribution in [3.63, 3.8) is 0 Å². The number of rotatable bonds is 4. The second-order valence-electron chi connectivity index (χ2n) is 7.74.